The van der Waals surface area contributed by atoms with Gasteiger partial charge in [0.05, 0.1) is 0 Å². The van der Waals surface area contributed by atoms with E-state index in [-0.39, 0.29) is 11.7 Å². The second-order valence-electron chi connectivity index (χ2n) is 6.23. The van der Waals surface area contributed by atoms with Crippen molar-refractivity contribution in [1.29, 1.82) is 0 Å². The average Bonchev–Trinajstić information content (AvgIpc) is 2.64. The number of hydrogen-bond donors (Lipinski definition) is 1. The first-order chi connectivity index (χ1) is 12.1. The second kappa shape index (κ2) is 8.05. The topological polar surface area (TPSA) is 45.2 Å². The molecular formula is C19H21F2N3O. The number of carbonyl (C=O) groups is 1. The van der Waals surface area contributed by atoms with Crippen LogP contribution in [-0.4, -0.2) is 28.5 Å². The zero-order valence-corrected chi connectivity index (χ0v) is 13.9. The normalized spacial score (nSPS) is 17.4. The molecule has 2 amide bonds. The van der Waals surface area contributed by atoms with Gasteiger partial charge in [0.1, 0.15) is 17.3 Å². The molecule has 1 unspecified atom stereocenters. The number of urea groups is 1. The standard InChI is InChI=1S/C19H21F2N3O/c20-16-8-5-9-17(21)18(16)23-19(25)24-13-4-2-7-15(24)11-10-14-6-1-3-12-22-14/h1,3,5-6,8-9,12,15H,2,4,7,10-11,13H2,(H,23,25). The Morgan fingerprint density at radius 3 is 2.68 bits per heavy atom. The van der Waals surface area contributed by atoms with Gasteiger partial charge in [-0.2, -0.15) is 0 Å². The molecular weight excluding hydrogens is 324 g/mol. The van der Waals surface area contributed by atoms with Gasteiger partial charge in [-0.05, 0) is 56.4 Å². The SMILES string of the molecule is O=C(Nc1c(F)cccc1F)N1CCCCC1CCc1ccccn1. The summed E-state index contributed by atoms with van der Waals surface area (Å²) in [6, 6.07) is 8.90. The maximum absolute atomic E-state index is 13.8. The van der Waals surface area contributed by atoms with Gasteiger partial charge >= 0.3 is 6.03 Å². The number of benzene rings is 1. The summed E-state index contributed by atoms with van der Waals surface area (Å²) < 4.78 is 27.5. The number of para-hydroxylation sites is 1. The van der Waals surface area contributed by atoms with Crippen molar-refractivity contribution in [3.63, 3.8) is 0 Å². The third-order valence-corrected chi connectivity index (χ3v) is 4.54. The number of anilines is 1. The summed E-state index contributed by atoms with van der Waals surface area (Å²) in [6.07, 6.45) is 6.13. The van der Waals surface area contributed by atoms with Crippen molar-refractivity contribution >= 4 is 11.7 Å². The molecule has 6 heteroatoms. The van der Waals surface area contributed by atoms with Crippen molar-refractivity contribution in [2.45, 2.75) is 38.1 Å². The minimum Gasteiger partial charge on any atom is -0.322 e. The van der Waals surface area contributed by atoms with E-state index in [1.54, 1.807) is 11.1 Å². The van der Waals surface area contributed by atoms with Gasteiger partial charge in [-0.25, -0.2) is 13.6 Å². The van der Waals surface area contributed by atoms with E-state index in [9.17, 15) is 13.6 Å². The molecule has 1 aromatic carbocycles. The lowest BCUT2D eigenvalue weighted by Crippen LogP contribution is -2.46. The number of nitrogens with one attached hydrogen (secondary N) is 1. The molecule has 4 nitrogen and oxygen atoms in total. The molecule has 0 aliphatic carbocycles. The summed E-state index contributed by atoms with van der Waals surface area (Å²) in [5.41, 5.74) is 0.593. The first-order valence-electron chi connectivity index (χ1n) is 8.56. The number of rotatable bonds is 4. The van der Waals surface area contributed by atoms with Gasteiger partial charge in [-0.15, -0.1) is 0 Å². The van der Waals surface area contributed by atoms with Crippen LogP contribution in [0.15, 0.2) is 42.6 Å². The molecule has 1 aromatic heterocycles. The van der Waals surface area contributed by atoms with Crippen molar-refractivity contribution < 1.29 is 13.6 Å². The summed E-state index contributed by atoms with van der Waals surface area (Å²) in [6.45, 7) is 0.592. The number of amides is 2. The number of aryl methyl sites for hydroxylation is 1. The van der Waals surface area contributed by atoms with Crippen molar-refractivity contribution in [2.24, 2.45) is 0 Å². The summed E-state index contributed by atoms with van der Waals surface area (Å²) in [7, 11) is 0. The van der Waals surface area contributed by atoms with Crippen LogP contribution in [0.1, 0.15) is 31.4 Å². The number of nitrogens with zero attached hydrogens (tertiary/aromatic N) is 2. The van der Waals surface area contributed by atoms with E-state index < -0.39 is 17.7 Å². The van der Waals surface area contributed by atoms with Crippen molar-refractivity contribution in [3.05, 3.63) is 59.9 Å². The molecule has 1 saturated heterocycles. The number of halogens is 2. The first-order valence-corrected chi connectivity index (χ1v) is 8.56. The van der Waals surface area contributed by atoms with Crippen molar-refractivity contribution in [3.8, 4) is 0 Å². The van der Waals surface area contributed by atoms with E-state index in [1.165, 1.54) is 6.07 Å². The van der Waals surface area contributed by atoms with Crippen LogP contribution in [0.25, 0.3) is 0 Å². The minimum atomic E-state index is -0.768. The third-order valence-electron chi connectivity index (χ3n) is 4.54. The fourth-order valence-corrected chi connectivity index (χ4v) is 3.22. The maximum atomic E-state index is 13.8. The van der Waals surface area contributed by atoms with Crippen LogP contribution in [-0.2, 0) is 6.42 Å². The van der Waals surface area contributed by atoms with E-state index in [4.69, 9.17) is 0 Å². The first kappa shape index (κ1) is 17.3. The smallest absolute Gasteiger partial charge is 0.322 e. The minimum absolute atomic E-state index is 0.0468. The molecule has 0 saturated carbocycles. The zero-order chi connectivity index (χ0) is 17.6. The highest BCUT2D eigenvalue weighted by Crippen LogP contribution is 2.24. The van der Waals surface area contributed by atoms with Crippen LogP contribution in [0.4, 0.5) is 19.3 Å². The lowest BCUT2D eigenvalue weighted by Gasteiger charge is -2.35. The van der Waals surface area contributed by atoms with E-state index in [0.717, 1.165) is 49.9 Å². The molecule has 1 aliphatic rings. The van der Waals surface area contributed by atoms with Crippen LogP contribution in [0.5, 0.6) is 0 Å². The monoisotopic (exact) mass is 345 g/mol. The van der Waals surface area contributed by atoms with E-state index in [2.05, 4.69) is 10.3 Å². The molecule has 3 rings (SSSR count). The Kier molecular flexibility index (Phi) is 5.58. The number of piperidine rings is 1. The quantitative estimate of drug-likeness (QED) is 0.894. The summed E-state index contributed by atoms with van der Waals surface area (Å²) >= 11 is 0. The molecule has 2 aromatic rings. The lowest BCUT2D eigenvalue weighted by atomic mass is 9.97. The molecule has 2 heterocycles. The predicted octanol–water partition coefficient (Wildman–Crippen LogP) is 4.38. The highest BCUT2D eigenvalue weighted by molar-refractivity contribution is 5.89. The molecule has 132 valence electrons. The van der Waals surface area contributed by atoms with E-state index in [1.807, 2.05) is 18.2 Å². The predicted molar refractivity (Wildman–Crippen MR) is 92.3 cm³/mol. The Bertz CT molecular complexity index is 704. The van der Waals surface area contributed by atoms with Crippen molar-refractivity contribution in [2.75, 3.05) is 11.9 Å². The Morgan fingerprint density at radius 2 is 1.96 bits per heavy atom. The maximum Gasteiger partial charge on any atom is 0.322 e. The largest absolute Gasteiger partial charge is 0.322 e. The Balaban J connectivity index is 1.66. The lowest BCUT2D eigenvalue weighted by molar-refractivity contribution is 0.158. The van der Waals surface area contributed by atoms with Crippen LogP contribution in [0.3, 0.4) is 0 Å². The van der Waals surface area contributed by atoms with Crippen LogP contribution in [0, 0.1) is 11.6 Å². The Labute approximate surface area is 145 Å². The molecule has 0 bridgehead atoms. The van der Waals surface area contributed by atoms with Gasteiger partial charge in [-0.1, -0.05) is 12.1 Å². The van der Waals surface area contributed by atoms with Gasteiger partial charge in [0.15, 0.2) is 0 Å². The average molecular weight is 345 g/mol. The summed E-state index contributed by atoms with van der Waals surface area (Å²) in [5.74, 6) is -1.54. The third kappa shape index (κ3) is 4.32. The van der Waals surface area contributed by atoms with Crippen LogP contribution >= 0.6 is 0 Å². The van der Waals surface area contributed by atoms with Gasteiger partial charge in [0, 0.05) is 24.5 Å². The number of hydrogen-bond acceptors (Lipinski definition) is 2. The fraction of sp³-hybridized carbons (Fsp3) is 0.368. The van der Waals surface area contributed by atoms with Gasteiger partial charge in [-0.3, -0.25) is 4.98 Å². The zero-order valence-electron chi connectivity index (χ0n) is 13.9. The summed E-state index contributed by atoms with van der Waals surface area (Å²) in [5, 5.41) is 2.40. The molecule has 25 heavy (non-hydrogen) atoms. The number of aromatic nitrogens is 1. The molecule has 1 atom stereocenters. The van der Waals surface area contributed by atoms with Crippen LogP contribution < -0.4 is 5.32 Å². The Morgan fingerprint density at radius 1 is 1.16 bits per heavy atom. The molecule has 0 radical (unpaired) electrons. The number of likely N-dealkylation sites (tertiary alicyclic amines) is 1. The second-order valence-corrected chi connectivity index (χ2v) is 6.23. The highest BCUT2D eigenvalue weighted by atomic mass is 19.1. The molecule has 1 fully saturated rings. The molecule has 1 aliphatic heterocycles. The van der Waals surface area contributed by atoms with Crippen LogP contribution in [0.2, 0.25) is 0 Å². The van der Waals surface area contributed by atoms with E-state index in [0.29, 0.717) is 6.54 Å². The van der Waals surface area contributed by atoms with E-state index >= 15 is 0 Å². The summed E-state index contributed by atoms with van der Waals surface area (Å²) in [4.78, 5) is 18.6. The van der Waals surface area contributed by atoms with Crippen molar-refractivity contribution in [1.82, 2.24) is 9.88 Å². The van der Waals surface area contributed by atoms with Gasteiger partial charge < -0.3 is 10.2 Å². The van der Waals surface area contributed by atoms with Gasteiger partial charge in [0.2, 0.25) is 0 Å². The van der Waals surface area contributed by atoms with Gasteiger partial charge in [0.25, 0.3) is 0 Å². The molecule has 1 N–H and O–H groups in total. The molecule has 0 spiro atoms. The fourth-order valence-electron chi connectivity index (χ4n) is 3.22. The number of pyridine rings is 1. The number of carbonyl (C=O) groups excluding carboxylic acids is 1. The highest BCUT2D eigenvalue weighted by Gasteiger charge is 2.27. The Hall–Kier alpha value is -2.50.